The third-order valence-electron chi connectivity index (χ3n) is 6.82. The molecule has 8 nitrogen and oxygen atoms in total. The number of amides is 2. The van der Waals surface area contributed by atoms with Gasteiger partial charge in [0.15, 0.2) is 11.9 Å². The topological polar surface area (TPSA) is 84.0 Å². The molecule has 2 fully saturated rings. The minimum Gasteiger partial charge on any atom is -0.484 e. The predicted octanol–water partition coefficient (Wildman–Crippen LogP) is 2.61. The van der Waals surface area contributed by atoms with Crippen molar-refractivity contribution in [3.63, 3.8) is 0 Å². The van der Waals surface area contributed by atoms with E-state index in [9.17, 15) is 9.59 Å². The lowest BCUT2D eigenvalue weighted by molar-refractivity contribution is -0.133. The average Bonchev–Trinajstić information content (AvgIpc) is 3.24. The van der Waals surface area contributed by atoms with E-state index < -0.39 is 0 Å². The van der Waals surface area contributed by atoms with Gasteiger partial charge in [-0.3, -0.25) is 14.5 Å². The van der Waals surface area contributed by atoms with Crippen molar-refractivity contribution in [2.45, 2.75) is 51.3 Å². The molecule has 1 unspecified atom stereocenters. The molecule has 0 aliphatic carbocycles. The van der Waals surface area contributed by atoms with Crippen molar-refractivity contribution >= 4 is 11.8 Å². The maximum Gasteiger partial charge on any atom is 0.257 e. The molecule has 34 heavy (non-hydrogen) atoms. The highest BCUT2D eigenvalue weighted by atomic mass is 16.6. The summed E-state index contributed by atoms with van der Waals surface area (Å²) in [5, 5.41) is 3.11. The Morgan fingerprint density at radius 2 is 1.91 bits per heavy atom. The maximum atomic E-state index is 12.3. The van der Waals surface area contributed by atoms with Crippen molar-refractivity contribution in [2.75, 3.05) is 32.8 Å². The molecule has 0 bridgehead atoms. The second-order valence-electron chi connectivity index (χ2n) is 9.45. The van der Waals surface area contributed by atoms with E-state index in [4.69, 9.17) is 9.47 Å². The highest BCUT2D eigenvalue weighted by Gasteiger charge is 2.26. The van der Waals surface area contributed by atoms with Crippen LogP contribution < -0.4 is 14.8 Å². The van der Waals surface area contributed by atoms with Crippen molar-refractivity contribution in [3.05, 3.63) is 53.2 Å². The third kappa shape index (κ3) is 5.33. The van der Waals surface area contributed by atoms with E-state index in [0.717, 1.165) is 50.2 Å². The molecule has 1 aromatic carbocycles. The van der Waals surface area contributed by atoms with Crippen LogP contribution in [0.15, 0.2) is 36.4 Å². The zero-order valence-corrected chi connectivity index (χ0v) is 19.7. The van der Waals surface area contributed by atoms with Gasteiger partial charge >= 0.3 is 0 Å². The summed E-state index contributed by atoms with van der Waals surface area (Å²) >= 11 is 0. The Bertz CT molecular complexity index is 1030. The number of nitrogens with one attached hydrogen (secondary N) is 1. The van der Waals surface area contributed by atoms with Gasteiger partial charge in [0.1, 0.15) is 6.61 Å². The number of pyridine rings is 1. The molecule has 0 spiro atoms. The fraction of sp³-hybridized carbons (Fsp3) is 0.500. The number of likely N-dealkylation sites (tertiary alicyclic amines) is 2. The molecule has 0 saturated carbocycles. The Balaban J connectivity index is 1.08. The van der Waals surface area contributed by atoms with Crippen molar-refractivity contribution in [3.8, 4) is 11.6 Å². The van der Waals surface area contributed by atoms with Crippen LogP contribution in [0.4, 0.5) is 0 Å². The van der Waals surface area contributed by atoms with Crippen LogP contribution in [-0.4, -0.2) is 65.4 Å². The molecule has 4 heterocycles. The summed E-state index contributed by atoms with van der Waals surface area (Å²) in [5.74, 6) is 1.31. The Labute approximate surface area is 200 Å². The summed E-state index contributed by atoms with van der Waals surface area (Å²) in [6, 6.07) is 12.5. The van der Waals surface area contributed by atoms with Crippen LogP contribution in [0.2, 0.25) is 0 Å². The number of carbonyl (C=O) groups is 2. The van der Waals surface area contributed by atoms with Gasteiger partial charge in [-0.1, -0.05) is 24.3 Å². The van der Waals surface area contributed by atoms with Crippen LogP contribution in [0.3, 0.4) is 0 Å². The van der Waals surface area contributed by atoms with Gasteiger partial charge in [0.05, 0.1) is 6.54 Å². The van der Waals surface area contributed by atoms with Gasteiger partial charge in [-0.2, -0.15) is 0 Å². The maximum absolute atomic E-state index is 12.3. The molecule has 2 saturated heterocycles. The van der Waals surface area contributed by atoms with Crippen LogP contribution in [0, 0.1) is 6.92 Å². The van der Waals surface area contributed by atoms with Crippen molar-refractivity contribution in [2.24, 2.45) is 0 Å². The summed E-state index contributed by atoms with van der Waals surface area (Å²) in [5.41, 5.74) is 3.24. The first kappa shape index (κ1) is 22.7. The monoisotopic (exact) mass is 464 g/mol. The molecule has 2 aromatic rings. The summed E-state index contributed by atoms with van der Waals surface area (Å²) in [6.07, 6.45) is 3.12. The van der Waals surface area contributed by atoms with E-state index >= 15 is 0 Å². The highest BCUT2D eigenvalue weighted by Crippen LogP contribution is 2.34. The van der Waals surface area contributed by atoms with Crippen molar-refractivity contribution in [1.29, 1.82) is 0 Å². The number of nitrogens with zero attached hydrogens (tertiary/aromatic N) is 3. The van der Waals surface area contributed by atoms with Gasteiger partial charge in [0.2, 0.25) is 11.8 Å². The lowest BCUT2D eigenvalue weighted by Gasteiger charge is -2.32. The number of hydrogen-bond acceptors (Lipinski definition) is 6. The molecule has 5 rings (SSSR count). The third-order valence-corrected chi connectivity index (χ3v) is 6.82. The lowest BCUT2D eigenvalue weighted by atomic mass is 10.0. The van der Waals surface area contributed by atoms with Gasteiger partial charge in [-0.25, -0.2) is 4.98 Å². The van der Waals surface area contributed by atoms with Crippen LogP contribution in [0.5, 0.6) is 11.6 Å². The normalized spacial score (nSPS) is 21.0. The van der Waals surface area contributed by atoms with E-state index in [1.165, 1.54) is 5.56 Å². The molecule has 1 aromatic heterocycles. The predicted molar refractivity (Wildman–Crippen MR) is 127 cm³/mol. The van der Waals surface area contributed by atoms with Gasteiger partial charge in [-0.15, -0.1) is 0 Å². The first-order chi connectivity index (χ1) is 16.5. The molecule has 1 N–H and O–H groups in total. The largest absolute Gasteiger partial charge is 0.484 e. The Morgan fingerprint density at radius 3 is 2.65 bits per heavy atom. The minimum absolute atomic E-state index is 0.0359. The summed E-state index contributed by atoms with van der Waals surface area (Å²) in [6.45, 7) is 6.08. The second-order valence-corrected chi connectivity index (χ2v) is 9.45. The van der Waals surface area contributed by atoms with Crippen LogP contribution in [0.1, 0.15) is 48.6 Å². The molecular weight excluding hydrogens is 432 g/mol. The van der Waals surface area contributed by atoms with E-state index in [2.05, 4.69) is 39.5 Å². The molecule has 8 heteroatoms. The van der Waals surface area contributed by atoms with Gasteiger partial charge < -0.3 is 19.7 Å². The lowest BCUT2D eigenvalue weighted by Crippen LogP contribution is -2.47. The van der Waals surface area contributed by atoms with Gasteiger partial charge in [0, 0.05) is 44.3 Å². The van der Waals surface area contributed by atoms with E-state index in [1.54, 1.807) is 4.90 Å². The molecule has 3 aliphatic rings. The molecule has 2 amide bonds. The minimum atomic E-state index is -0.161. The highest BCUT2D eigenvalue weighted by molar-refractivity contribution is 5.85. The molecule has 180 valence electrons. The number of piperidine rings is 1. The van der Waals surface area contributed by atoms with Crippen molar-refractivity contribution < 1.29 is 19.1 Å². The average molecular weight is 465 g/mol. The van der Waals surface area contributed by atoms with E-state index in [0.29, 0.717) is 31.2 Å². The number of aromatic nitrogens is 1. The first-order valence-corrected chi connectivity index (χ1v) is 12.2. The SMILES string of the molecule is Cc1ccc2c(n1)OC(c1ccc(CN3CCC(NC(=O)CN4CCCC4=O)CC3)cc1)CO2. The quantitative estimate of drug-likeness (QED) is 0.708. The van der Waals surface area contributed by atoms with Crippen LogP contribution >= 0.6 is 0 Å². The van der Waals surface area contributed by atoms with Gasteiger partial charge in [-0.05, 0) is 49.4 Å². The second kappa shape index (κ2) is 10.0. The number of rotatable bonds is 6. The fourth-order valence-corrected chi connectivity index (χ4v) is 4.86. The summed E-state index contributed by atoms with van der Waals surface area (Å²) < 4.78 is 11.9. The zero-order chi connectivity index (χ0) is 23.5. The zero-order valence-electron chi connectivity index (χ0n) is 19.7. The fourth-order valence-electron chi connectivity index (χ4n) is 4.86. The van der Waals surface area contributed by atoms with Gasteiger partial charge in [0.25, 0.3) is 5.88 Å². The first-order valence-electron chi connectivity index (χ1n) is 12.2. The van der Waals surface area contributed by atoms with E-state index in [1.807, 2.05) is 19.1 Å². The number of ether oxygens (including phenoxy) is 2. The summed E-state index contributed by atoms with van der Waals surface area (Å²) in [7, 11) is 0. The van der Waals surface area contributed by atoms with Crippen LogP contribution in [0.25, 0.3) is 0 Å². The number of benzene rings is 1. The Kier molecular flexibility index (Phi) is 6.67. The molecule has 3 aliphatic heterocycles. The Morgan fingerprint density at radius 1 is 1.12 bits per heavy atom. The molecule has 0 radical (unpaired) electrons. The number of hydrogen-bond donors (Lipinski definition) is 1. The molecular formula is C26H32N4O4. The van der Waals surface area contributed by atoms with Crippen LogP contribution in [-0.2, 0) is 16.1 Å². The number of aryl methyl sites for hydroxylation is 1. The molecule has 1 atom stereocenters. The number of carbonyl (C=O) groups excluding carboxylic acids is 2. The van der Waals surface area contributed by atoms with E-state index in [-0.39, 0.29) is 30.5 Å². The van der Waals surface area contributed by atoms with Crippen molar-refractivity contribution in [1.82, 2.24) is 20.1 Å². The Hall–Kier alpha value is -3.13. The summed E-state index contributed by atoms with van der Waals surface area (Å²) in [4.78, 5) is 32.5. The standard InChI is InChI=1S/C26H32N4O4/c1-18-4-9-22-26(27-18)34-23(17-33-22)20-7-5-19(6-8-20)15-29-13-10-21(11-14-29)28-24(31)16-30-12-2-3-25(30)32/h4-9,21,23H,2-3,10-17H2,1H3,(H,28,31). The smallest absolute Gasteiger partial charge is 0.257 e. The number of fused-ring (bicyclic) bond motifs is 1.